The quantitative estimate of drug-likeness (QED) is 0.588. The van der Waals surface area contributed by atoms with Crippen LogP contribution in [0.4, 0.5) is 0 Å². The molecule has 12 heavy (non-hydrogen) atoms. The first-order valence-corrected chi connectivity index (χ1v) is 4.57. The van der Waals surface area contributed by atoms with E-state index in [9.17, 15) is 4.79 Å². The van der Waals surface area contributed by atoms with Gasteiger partial charge < -0.3 is 0 Å². The van der Waals surface area contributed by atoms with E-state index in [0.717, 1.165) is 12.8 Å². The van der Waals surface area contributed by atoms with Gasteiger partial charge in [0.25, 0.3) is 0 Å². The van der Waals surface area contributed by atoms with Gasteiger partial charge in [0.1, 0.15) is 5.78 Å². The Hall–Kier alpha value is -0.590. The predicted molar refractivity (Wildman–Crippen MR) is 53.1 cm³/mol. The Balaban J connectivity index is 4.17. The second-order valence-electron chi connectivity index (χ2n) is 4.05. The molecule has 0 aromatic heterocycles. The molecule has 0 heterocycles. The van der Waals surface area contributed by atoms with Gasteiger partial charge in [-0.15, -0.1) is 0 Å². The van der Waals surface area contributed by atoms with Crippen LogP contribution in [0.25, 0.3) is 0 Å². The molecule has 0 aliphatic rings. The Kier molecular flexibility index (Phi) is 4.22. The van der Waals surface area contributed by atoms with E-state index in [4.69, 9.17) is 0 Å². The van der Waals surface area contributed by atoms with Gasteiger partial charge in [0.05, 0.1) is 0 Å². The van der Waals surface area contributed by atoms with Gasteiger partial charge >= 0.3 is 0 Å². The van der Waals surface area contributed by atoms with Crippen LogP contribution >= 0.6 is 0 Å². The zero-order chi connectivity index (χ0) is 9.78. The van der Waals surface area contributed by atoms with E-state index < -0.39 is 0 Å². The normalized spacial score (nSPS) is 13.2. The van der Waals surface area contributed by atoms with Gasteiger partial charge in [0.2, 0.25) is 0 Å². The molecular formula is C11H20O. The molecule has 70 valence electrons. The van der Waals surface area contributed by atoms with Crippen LogP contribution in [0.3, 0.4) is 0 Å². The molecule has 0 fully saturated rings. The minimum absolute atomic E-state index is 0.184. The highest BCUT2D eigenvalue weighted by atomic mass is 16.1. The first-order valence-electron chi connectivity index (χ1n) is 4.57. The SMILES string of the molecule is CCC(C)=CCC(C)(C)C(C)=O. The standard InChI is InChI=1S/C11H20O/c1-6-9(2)7-8-11(4,5)10(3)12/h7H,6,8H2,1-5H3. The van der Waals surface area contributed by atoms with Crippen molar-refractivity contribution in [3.8, 4) is 0 Å². The van der Waals surface area contributed by atoms with Gasteiger partial charge in [0, 0.05) is 5.41 Å². The third-order valence-electron chi connectivity index (χ3n) is 2.47. The minimum Gasteiger partial charge on any atom is -0.299 e. The predicted octanol–water partition coefficient (Wildman–Crippen LogP) is 3.35. The van der Waals surface area contributed by atoms with E-state index in [0.29, 0.717) is 0 Å². The summed E-state index contributed by atoms with van der Waals surface area (Å²) in [5, 5.41) is 0. The third kappa shape index (κ3) is 3.70. The van der Waals surface area contributed by atoms with Crippen molar-refractivity contribution >= 4 is 5.78 Å². The molecule has 0 spiro atoms. The van der Waals surface area contributed by atoms with Crippen LogP contribution in [0.15, 0.2) is 11.6 Å². The lowest BCUT2D eigenvalue weighted by Crippen LogP contribution is -2.20. The van der Waals surface area contributed by atoms with Gasteiger partial charge in [-0.05, 0) is 26.7 Å². The summed E-state index contributed by atoms with van der Waals surface area (Å²) in [5.41, 5.74) is 1.18. The Bertz CT molecular complexity index is 187. The van der Waals surface area contributed by atoms with Crippen LogP contribution in [0.5, 0.6) is 0 Å². The molecule has 0 N–H and O–H groups in total. The van der Waals surface area contributed by atoms with Gasteiger partial charge in [-0.2, -0.15) is 0 Å². The Labute approximate surface area is 75.9 Å². The van der Waals surface area contributed by atoms with Crippen LogP contribution in [-0.2, 0) is 4.79 Å². The minimum atomic E-state index is -0.184. The first kappa shape index (κ1) is 11.4. The number of hydrogen-bond acceptors (Lipinski definition) is 1. The van der Waals surface area contributed by atoms with E-state index in [-0.39, 0.29) is 11.2 Å². The molecule has 0 unspecified atom stereocenters. The van der Waals surface area contributed by atoms with E-state index >= 15 is 0 Å². The molecule has 0 aliphatic heterocycles. The molecule has 0 aromatic carbocycles. The van der Waals surface area contributed by atoms with Crippen LogP contribution in [0, 0.1) is 5.41 Å². The van der Waals surface area contributed by atoms with Crippen molar-refractivity contribution in [2.45, 2.75) is 47.5 Å². The zero-order valence-corrected chi connectivity index (χ0v) is 8.90. The molecule has 1 heteroatoms. The molecular weight excluding hydrogens is 148 g/mol. The van der Waals surface area contributed by atoms with Crippen molar-refractivity contribution in [1.29, 1.82) is 0 Å². The lowest BCUT2D eigenvalue weighted by molar-refractivity contribution is -0.124. The lowest BCUT2D eigenvalue weighted by atomic mass is 9.84. The monoisotopic (exact) mass is 168 g/mol. The molecule has 0 saturated carbocycles. The summed E-state index contributed by atoms with van der Waals surface area (Å²) in [7, 11) is 0. The number of carbonyl (C=O) groups excluding carboxylic acids is 1. The van der Waals surface area contributed by atoms with Gasteiger partial charge in [-0.25, -0.2) is 0 Å². The number of Topliss-reactive ketones (excluding diaryl/α,β-unsaturated/α-hetero) is 1. The Morgan fingerprint density at radius 1 is 1.33 bits per heavy atom. The molecule has 0 aliphatic carbocycles. The summed E-state index contributed by atoms with van der Waals surface area (Å²) < 4.78 is 0. The molecule has 1 nitrogen and oxygen atoms in total. The Morgan fingerprint density at radius 3 is 2.17 bits per heavy atom. The highest BCUT2D eigenvalue weighted by Crippen LogP contribution is 2.22. The maximum Gasteiger partial charge on any atom is 0.135 e. The average molecular weight is 168 g/mol. The van der Waals surface area contributed by atoms with Crippen molar-refractivity contribution in [1.82, 2.24) is 0 Å². The molecule has 0 rings (SSSR count). The number of rotatable bonds is 4. The number of allylic oxidation sites excluding steroid dienone is 2. The summed E-state index contributed by atoms with van der Waals surface area (Å²) in [5.74, 6) is 0.266. The summed E-state index contributed by atoms with van der Waals surface area (Å²) in [4.78, 5) is 11.1. The van der Waals surface area contributed by atoms with Crippen LogP contribution < -0.4 is 0 Å². The smallest absolute Gasteiger partial charge is 0.135 e. The fourth-order valence-electron chi connectivity index (χ4n) is 0.717. The fraction of sp³-hybridized carbons (Fsp3) is 0.727. The Morgan fingerprint density at radius 2 is 1.83 bits per heavy atom. The summed E-state index contributed by atoms with van der Waals surface area (Å²) in [6.07, 6.45) is 4.11. The van der Waals surface area contributed by atoms with Gasteiger partial charge in [-0.1, -0.05) is 32.4 Å². The van der Waals surface area contributed by atoms with Crippen molar-refractivity contribution in [2.24, 2.45) is 5.41 Å². The van der Waals surface area contributed by atoms with E-state index in [1.54, 1.807) is 6.92 Å². The molecule has 0 bridgehead atoms. The first-order chi connectivity index (χ1) is 5.40. The number of hydrogen-bond donors (Lipinski definition) is 0. The van der Waals surface area contributed by atoms with Crippen LogP contribution in [-0.4, -0.2) is 5.78 Å². The van der Waals surface area contributed by atoms with Crippen molar-refractivity contribution in [3.05, 3.63) is 11.6 Å². The van der Waals surface area contributed by atoms with Gasteiger partial charge in [0.15, 0.2) is 0 Å². The number of ketones is 1. The summed E-state index contributed by atoms with van der Waals surface area (Å²) in [6, 6.07) is 0. The zero-order valence-electron chi connectivity index (χ0n) is 8.90. The van der Waals surface area contributed by atoms with E-state index in [1.807, 2.05) is 13.8 Å². The molecule has 0 aromatic rings. The topological polar surface area (TPSA) is 17.1 Å². The third-order valence-corrected chi connectivity index (χ3v) is 2.47. The van der Waals surface area contributed by atoms with Gasteiger partial charge in [-0.3, -0.25) is 4.79 Å². The second-order valence-corrected chi connectivity index (χ2v) is 4.05. The lowest BCUT2D eigenvalue weighted by Gasteiger charge is -2.18. The average Bonchev–Trinajstić information content (AvgIpc) is 2.00. The molecule has 0 atom stereocenters. The van der Waals surface area contributed by atoms with Crippen molar-refractivity contribution < 1.29 is 4.79 Å². The largest absolute Gasteiger partial charge is 0.299 e. The highest BCUT2D eigenvalue weighted by Gasteiger charge is 2.21. The summed E-state index contributed by atoms with van der Waals surface area (Å²) >= 11 is 0. The van der Waals surface area contributed by atoms with Crippen molar-refractivity contribution in [2.75, 3.05) is 0 Å². The summed E-state index contributed by atoms with van der Waals surface area (Å²) in [6.45, 7) is 9.89. The van der Waals surface area contributed by atoms with Crippen molar-refractivity contribution in [3.63, 3.8) is 0 Å². The molecule has 0 amide bonds. The fourth-order valence-corrected chi connectivity index (χ4v) is 0.717. The van der Waals surface area contributed by atoms with Crippen LogP contribution in [0.1, 0.15) is 47.5 Å². The van der Waals surface area contributed by atoms with E-state index in [1.165, 1.54) is 5.57 Å². The maximum atomic E-state index is 11.1. The molecule has 0 saturated heterocycles. The van der Waals surface area contributed by atoms with E-state index in [2.05, 4.69) is 19.9 Å². The van der Waals surface area contributed by atoms with Crippen LogP contribution in [0.2, 0.25) is 0 Å². The number of carbonyl (C=O) groups is 1. The maximum absolute atomic E-state index is 11.1. The second kappa shape index (κ2) is 4.44. The highest BCUT2D eigenvalue weighted by molar-refractivity contribution is 5.81. The molecule has 0 radical (unpaired) electrons.